The van der Waals surface area contributed by atoms with Crippen molar-refractivity contribution in [3.05, 3.63) is 71.9 Å². The molecular formula is C25H23N7O3. The first-order valence-corrected chi connectivity index (χ1v) is 11.4. The second-order valence-corrected chi connectivity index (χ2v) is 8.85. The summed E-state index contributed by atoms with van der Waals surface area (Å²) in [5, 5.41) is 5.73. The van der Waals surface area contributed by atoms with Crippen molar-refractivity contribution in [1.29, 1.82) is 0 Å². The van der Waals surface area contributed by atoms with E-state index >= 15 is 0 Å². The molecule has 35 heavy (non-hydrogen) atoms. The van der Waals surface area contributed by atoms with E-state index in [0.717, 1.165) is 34.1 Å². The van der Waals surface area contributed by atoms with E-state index in [2.05, 4.69) is 15.6 Å². The van der Waals surface area contributed by atoms with Crippen molar-refractivity contribution in [2.45, 2.75) is 32.0 Å². The molecule has 10 heteroatoms. The average molecular weight is 470 g/mol. The average Bonchev–Trinajstić information content (AvgIpc) is 3.53. The molecule has 0 bridgehead atoms. The van der Waals surface area contributed by atoms with E-state index in [4.69, 9.17) is 4.98 Å². The lowest BCUT2D eigenvalue weighted by Crippen LogP contribution is -2.52. The third-order valence-electron chi connectivity index (χ3n) is 6.64. The number of piperidine rings is 1. The van der Waals surface area contributed by atoms with E-state index < -0.39 is 11.9 Å². The number of rotatable bonds is 5. The van der Waals surface area contributed by atoms with Gasteiger partial charge in [-0.3, -0.25) is 24.1 Å². The smallest absolute Gasteiger partial charge is 0.255 e. The summed E-state index contributed by atoms with van der Waals surface area (Å²) in [6.07, 6.45) is 6.30. The van der Waals surface area contributed by atoms with Crippen molar-refractivity contribution in [2.75, 3.05) is 5.32 Å². The lowest BCUT2D eigenvalue weighted by atomic mass is 10.0. The predicted molar refractivity (Wildman–Crippen MR) is 127 cm³/mol. The van der Waals surface area contributed by atoms with Crippen LogP contribution in [-0.2, 0) is 29.7 Å². The zero-order valence-electron chi connectivity index (χ0n) is 19.1. The molecule has 3 amide bonds. The van der Waals surface area contributed by atoms with Crippen molar-refractivity contribution >= 4 is 29.2 Å². The molecular weight excluding hydrogens is 446 g/mol. The fourth-order valence-corrected chi connectivity index (χ4v) is 4.77. The summed E-state index contributed by atoms with van der Waals surface area (Å²) < 4.78 is 3.95. The standard InChI is InChI=1S/C25H23N7O3/c1-30-14-18(28-22(30)12-27-21-11-26-20-4-2-3-9-31(20)21)15-5-6-17-16(10-15)13-32(25(17)35)19-7-8-23(33)29-24(19)34/h2-6,9-11,14,19,27H,7-8,12-13H2,1H3,(H,29,33,34). The van der Waals surface area contributed by atoms with Gasteiger partial charge in [0.15, 0.2) is 0 Å². The summed E-state index contributed by atoms with van der Waals surface area (Å²) in [7, 11) is 1.95. The number of nitrogens with one attached hydrogen (secondary N) is 2. The Morgan fingerprint density at radius 1 is 1.17 bits per heavy atom. The fourth-order valence-electron chi connectivity index (χ4n) is 4.77. The maximum absolute atomic E-state index is 12.9. The highest BCUT2D eigenvalue weighted by molar-refractivity contribution is 6.05. The van der Waals surface area contributed by atoms with Gasteiger partial charge in [0.2, 0.25) is 11.8 Å². The number of fused-ring (bicyclic) bond motifs is 2. The second kappa shape index (κ2) is 8.08. The lowest BCUT2D eigenvalue weighted by molar-refractivity contribution is -0.136. The number of aromatic nitrogens is 4. The number of aryl methyl sites for hydroxylation is 1. The Kier molecular flexibility index (Phi) is 4.87. The molecule has 1 unspecified atom stereocenters. The zero-order chi connectivity index (χ0) is 24.1. The minimum absolute atomic E-state index is 0.181. The van der Waals surface area contributed by atoms with Gasteiger partial charge in [-0.05, 0) is 36.2 Å². The Bertz CT molecular complexity index is 1500. The maximum Gasteiger partial charge on any atom is 0.255 e. The summed E-state index contributed by atoms with van der Waals surface area (Å²) >= 11 is 0. The number of pyridine rings is 1. The Hall–Kier alpha value is -4.47. The molecule has 3 aromatic heterocycles. The van der Waals surface area contributed by atoms with E-state index in [0.29, 0.717) is 25.1 Å². The highest BCUT2D eigenvalue weighted by Crippen LogP contribution is 2.31. The second-order valence-electron chi connectivity index (χ2n) is 8.85. The van der Waals surface area contributed by atoms with Gasteiger partial charge in [0.25, 0.3) is 5.91 Å². The van der Waals surface area contributed by atoms with Crippen molar-refractivity contribution in [2.24, 2.45) is 7.05 Å². The third kappa shape index (κ3) is 3.63. The topological polar surface area (TPSA) is 114 Å². The van der Waals surface area contributed by atoms with E-state index in [1.165, 1.54) is 0 Å². The molecule has 2 aliphatic heterocycles. The van der Waals surface area contributed by atoms with Gasteiger partial charge in [-0.15, -0.1) is 0 Å². The highest BCUT2D eigenvalue weighted by Gasteiger charge is 2.39. The molecule has 5 heterocycles. The molecule has 1 atom stereocenters. The molecule has 0 saturated carbocycles. The molecule has 2 aliphatic rings. The fraction of sp³-hybridized carbons (Fsp3) is 0.240. The summed E-state index contributed by atoms with van der Waals surface area (Å²) in [4.78, 5) is 47.5. The number of hydrogen-bond acceptors (Lipinski definition) is 6. The first kappa shape index (κ1) is 21.1. The van der Waals surface area contributed by atoms with Gasteiger partial charge in [-0.2, -0.15) is 0 Å². The van der Waals surface area contributed by atoms with E-state index in [-0.39, 0.29) is 18.2 Å². The van der Waals surface area contributed by atoms with Crippen molar-refractivity contribution in [3.8, 4) is 11.3 Å². The van der Waals surface area contributed by atoms with E-state index in [9.17, 15) is 14.4 Å². The van der Waals surface area contributed by atoms with Gasteiger partial charge >= 0.3 is 0 Å². The van der Waals surface area contributed by atoms with E-state index in [1.54, 1.807) is 17.2 Å². The molecule has 4 aromatic rings. The SMILES string of the molecule is Cn1cc(-c2ccc3c(c2)CN(C2CCC(=O)NC2=O)C3=O)nc1CNc1cnc2ccccn12. The number of carbonyl (C=O) groups excluding carboxylic acids is 3. The minimum Gasteiger partial charge on any atom is -0.363 e. The molecule has 0 spiro atoms. The lowest BCUT2D eigenvalue weighted by Gasteiger charge is -2.29. The Balaban J connectivity index is 1.20. The minimum atomic E-state index is -0.622. The first-order chi connectivity index (χ1) is 17.0. The quantitative estimate of drug-likeness (QED) is 0.433. The first-order valence-electron chi connectivity index (χ1n) is 11.4. The van der Waals surface area contributed by atoms with Crippen LogP contribution in [0.2, 0.25) is 0 Å². The number of carbonyl (C=O) groups is 3. The van der Waals surface area contributed by atoms with Crippen LogP contribution >= 0.6 is 0 Å². The third-order valence-corrected chi connectivity index (χ3v) is 6.64. The summed E-state index contributed by atoms with van der Waals surface area (Å²) in [5.74, 6) is 0.859. The van der Waals surface area contributed by atoms with Crippen molar-refractivity contribution < 1.29 is 14.4 Å². The van der Waals surface area contributed by atoms with Crippen LogP contribution in [0, 0.1) is 0 Å². The molecule has 10 nitrogen and oxygen atoms in total. The number of hydrogen-bond donors (Lipinski definition) is 2. The Morgan fingerprint density at radius 3 is 2.91 bits per heavy atom. The predicted octanol–water partition coefficient (Wildman–Crippen LogP) is 2.11. The highest BCUT2D eigenvalue weighted by atomic mass is 16.2. The molecule has 6 rings (SSSR count). The molecule has 1 saturated heterocycles. The number of imidazole rings is 2. The number of amides is 3. The molecule has 0 aliphatic carbocycles. The number of nitrogens with zero attached hydrogens (tertiary/aromatic N) is 5. The van der Waals surface area contributed by atoms with Crippen LogP contribution in [-0.4, -0.2) is 47.6 Å². The summed E-state index contributed by atoms with van der Waals surface area (Å²) in [6.45, 7) is 0.857. The van der Waals surface area contributed by atoms with Crippen LogP contribution in [0.15, 0.2) is 55.0 Å². The normalized spacial score (nSPS) is 17.7. The maximum atomic E-state index is 12.9. The van der Waals surface area contributed by atoms with Crippen LogP contribution in [0.5, 0.6) is 0 Å². The number of anilines is 1. The van der Waals surface area contributed by atoms with Crippen LogP contribution < -0.4 is 10.6 Å². The number of imide groups is 1. The Labute approximate surface area is 200 Å². The monoisotopic (exact) mass is 469 g/mol. The van der Waals surface area contributed by atoms with Crippen LogP contribution in [0.4, 0.5) is 5.82 Å². The molecule has 1 aromatic carbocycles. The van der Waals surface area contributed by atoms with Gasteiger partial charge in [-0.1, -0.05) is 12.1 Å². The van der Waals surface area contributed by atoms with Crippen LogP contribution in [0.3, 0.4) is 0 Å². The number of benzene rings is 1. The van der Waals surface area contributed by atoms with E-state index in [1.807, 2.05) is 58.7 Å². The van der Waals surface area contributed by atoms with Gasteiger partial charge in [0.1, 0.15) is 23.3 Å². The summed E-state index contributed by atoms with van der Waals surface area (Å²) in [5.41, 5.74) is 4.02. The van der Waals surface area contributed by atoms with Gasteiger partial charge in [0.05, 0.1) is 18.4 Å². The molecule has 2 N–H and O–H groups in total. The zero-order valence-corrected chi connectivity index (χ0v) is 19.1. The molecule has 1 fully saturated rings. The van der Waals surface area contributed by atoms with Gasteiger partial charge in [-0.25, -0.2) is 9.97 Å². The molecule has 176 valence electrons. The summed E-state index contributed by atoms with van der Waals surface area (Å²) in [6, 6.07) is 10.9. The van der Waals surface area contributed by atoms with Crippen LogP contribution in [0.1, 0.15) is 34.6 Å². The van der Waals surface area contributed by atoms with Crippen LogP contribution in [0.25, 0.3) is 16.9 Å². The molecule has 0 radical (unpaired) electrons. The van der Waals surface area contributed by atoms with Gasteiger partial charge < -0.3 is 14.8 Å². The largest absolute Gasteiger partial charge is 0.363 e. The van der Waals surface area contributed by atoms with Gasteiger partial charge in [0, 0.05) is 43.5 Å². The Morgan fingerprint density at radius 2 is 2.06 bits per heavy atom. The van der Waals surface area contributed by atoms with Crippen molar-refractivity contribution in [3.63, 3.8) is 0 Å². The van der Waals surface area contributed by atoms with Crippen molar-refractivity contribution in [1.82, 2.24) is 29.2 Å².